The molecule has 11 nitrogen and oxygen atoms in total. The molecule has 6 aromatic rings. The molecule has 45 heavy (non-hydrogen) atoms. The van der Waals surface area contributed by atoms with Gasteiger partial charge in [0.25, 0.3) is 11.2 Å². The van der Waals surface area contributed by atoms with E-state index < -0.39 is 10.5 Å². The van der Waals surface area contributed by atoms with Crippen LogP contribution in [-0.4, -0.2) is 35.0 Å². The number of fused-ring (bicyclic) bond motifs is 2. The Labute approximate surface area is 268 Å². The lowest BCUT2D eigenvalue weighted by molar-refractivity contribution is -0.384. The molecule has 4 aromatic carbocycles. The fourth-order valence-electron chi connectivity index (χ4n) is 4.73. The summed E-state index contributed by atoms with van der Waals surface area (Å²) in [6, 6.07) is 21.8. The first kappa shape index (κ1) is 29.9. The molecule has 0 saturated carbocycles. The van der Waals surface area contributed by atoms with Crippen molar-refractivity contribution < 1.29 is 23.6 Å². The minimum atomic E-state index is -0.478. The Kier molecular flexibility index (Phi) is 8.24. The van der Waals surface area contributed by atoms with Gasteiger partial charge in [-0.2, -0.15) is 9.78 Å². The highest BCUT2D eigenvalue weighted by molar-refractivity contribution is 9.10. The van der Waals surface area contributed by atoms with E-state index in [9.17, 15) is 14.9 Å². The zero-order valence-electron chi connectivity index (χ0n) is 23.7. The smallest absolute Gasteiger partial charge is 0.282 e. The van der Waals surface area contributed by atoms with E-state index in [2.05, 4.69) is 21.0 Å². The molecule has 2 heterocycles. The molecule has 0 aliphatic carbocycles. The second-order valence-electron chi connectivity index (χ2n) is 9.64. The molecule has 6 rings (SSSR count). The number of nitro benzene ring substituents is 1. The maximum Gasteiger partial charge on any atom is 0.282 e. The van der Waals surface area contributed by atoms with Gasteiger partial charge in [0.1, 0.15) is 23.0 Å². The van der Waals surface area contributed by atoms with Gasteiger partial charge < -0.3 is 18.6 Å². The maximum atomic E-state index is 13.7. The topological polar surface area (TPSA) is 131 Å². The lowest BCUT2D eigenvalue weighted by Crippen LogP contribution is -2.20. The summed E-state index contributed by atoms with van der Waals surface area (Å²) in [7, 11) is 3.02. The molecule has 0 amide bonds. The summed E-state index contributed by atoms with van der Waals surface area (Å²) in [4.78, 5) is 29.1. The van der Waals surface area contributed by atoms with Crippen LogP contribution in [0.25, 0.3) is 33.5 Å². The van der Waals surface area contributed by atoms with Crippen molar-refractivity contribution in [3.05, 3.63) is 120 Å². The standard InChI is InChI=1S/C32H22BrClN4O7/c1-42-24-11-6-12-25-22(24)15-27(45-25)31-36-23-10-4-3-9-21(23)32(39)37(31)35-16-19-14-26(43-2)30(29(34)28(19)33)44-17-18-7-5-8-20(13-18)38(40)41/h3-16H,17H2,1-2H3. The van der Waals surface area contributed by atoms with E-state index in [0.29, 0.717) is 49.0 Å². The van der Waals surface area contributed by atoms with E-state index in [4.69, 9.17) is 35.2 Å². The van der Waals surface area contributed by atoms with E-state index >= 15 is 0 Å². The second-order valence-corrected chi connectivity index (χ2v) is 10.8. The SMILES string of the molecule is COc1cc(C=Nn2c(-c3cc4c(OC)cccc4o3)nc3ccccc3c2=O)c(Br)c(Cl)c1OCc1cccc([N+](=O)[O-])c1. The van der Waals surface area contributed by atoms with Crippen molar-refractivity contribution in [2.75, 3.05) is 14.2 Å². The van der Waals surface area contributed by atoms with Crippen molar-refractivity contribution in [2.24, 2.45) is 5.10 Å². The summed E-state index contributed by atoms with van der Waals surface area (Å²) < 4.78 is 24.6. The van der Waals surface area contributed by atoms with E-state index in [1.807, 2.05) is 6.07 Å². The van der Waals surface area contributed by atoms with Crippen LogP contribution in [0, 0.1) is 10.1 Å². The number of benzene rings is 4. The molecule has 0 aliphatic rings. The molecule has 0 atom stereocenters. The van der Waals surface area contributed by atoms with Crippen LogP contribution in [0.1, 0.15) is 11.1 Å². The summed E-state index contributed by atoms with van der Waals surface area (Å²) in [5, 5.41) is 16.9. The summed E-state index contributed by atoms with van der Waals surface area (Å²) in [6.45, 7) is 0.00142. The van der Waals surface area contributed by atoms with E-state index in [1.165, 1.54) is 25.5 Å². The van der Waals surface area contributed by atoms with E-state index in [0.717, 1.165) is 4.68 Å². The fraction of sp³-hybridized carbons (Fsp3) is 0.0938. The second kappa shape index (κ2) is 12.4. The number of hydrogen-bond donors (Lipinski definition) is 0. The van der Waals surface area contributed by atoms with E-state index in [1.54, 1.807) is 67.8 Å². The minimum Gasteiger partial charge on any atom is -0.496 e. The number of aromatic nitrogens is 2. The van der Waals surface area contributed by atoms with Crippen LogP contribution in [0.2, 0.25) is 5.02 Å². The van der Waals surface area contributed by atoms with Crippen molar-refractivity contribution in [3.8, 4) is 28.8 Å². The number of hydrogen-bond acceptors (Lipinski definition) is 9. The number of furan rings is 1. The summed E-state index contributed by atoms with van der Waals surface area (Å²) >= 11 is 10.2. The van der Waals surface area contributed by atoms with Crippen molar-refractivity contribution in [2.45, 2.75) is 6.61 Å². The van der Waals surface area contributed by atoms with Gasteiger partial charge in [-0.1, -0.05) is 41.9 Å². The van der Waals surface area contributed by atoms with Gasteiger partial charge in [-0.3, -0.25) is 14.9 Å². The number of ether oxygens (including phenoxy) is 3. The predicted octanol–water partition coefficient (Wildman–Crippen LogP) is 7.61. The minimum absolute atomic E-state index is 0.00142. The Morgan fingerprint density at radius 3 is 2.58 bits per heavy atom. The molecule has 0 spiro atoms. The molecule has 0 saturated heterocycles. The fourth-order valence-corrected chi connectivity index (χ4v) is 5.39. The zero-order chi connectivity index (χ0) is 31.7. The van der Waals surface area contributed by atoms with Crippen LogP contribution in [0.4, 0.5) is 5.69 Å². The first-order chi connectivity index (χ1) is 21.8. The average Bonchev–Trinajstić information content (AvgIpc) is 3.50. The molecular formula is C32H22BrClN4O7. The normalized spacial score (nSPS) is 11.4. The van der Waals surface area contributed by atoms with Crippen LogP contribution in [0.15, 0.2) is 97.6 Å². The maximum absolute atomic E-state index is 13.7. The molecule has 13 heteroatoms. The van der Waals surface area contributed by atoms with Crippen LogP contribution < -0.4 is 19.8 Å². The molecule has 0 aliphatic heterocycles. The molecule has 0 bridgehead atoms. The molecule has 0 fully saturated rings. The summed E-state index contributed by atoms with van der Waals surface area (Å²) in [5.41, 5.74) is 1.61. The van der Waals surface area contributed by atoms with Gasteiger partial charge in [-0.15, -0.1) is 0 Å². The van der Waals surface area contributed by atoms with Gasteiger partial charge in [-0.05, 0) is 57.9 Å². The van der Waals surface area contributed by atoms with Gasteiger partial charge >= 0.3 is 0 Å². The predicted molar refractivity (Wildman–Crippen MR) is 174 cm³/mol. The lowest BCUT2D eigenvalue weighted by atomic mass is 10.2. The number of para-hydroxylation sites is 1. The van der Waals surface area contributed by atoms with Crippen molar-refractivity contribution in [1.82, 2.24) is 9.66 Å². The van der Waals surface area contributed by atoms with E-state index in [-0.39, 0.29) is 34.6 Å². The lowest BCUT2D eigenvalue weighted by Gasteiger charge is -2.15. The van der Waals surface area contributed by atoms with Gasteiger partial charge in [-0.25, -0.2) is 4.98 Å². The largest absolute Gasteiger partial charge is 0.496 e. The molecular weight excluding hydrogens is 668 g/mol. The highest BCUT2D eigenvalue weighted by Gasteiger charge is 2.20. The Bertz CT molecular complexity index is 2200. The first-order valence-electron chi connectivity index (χ1n) is 13.3. The Balaban J connectivity index is 1.41. The van der Waals surface area contributed by atoms with Gasteiger partial charge in [0.15, 0.2) is 17.3 Å². The first-order valence-corrected chi connectivity index (χ1v) is 14.5. The monoisotopic (exact) mass is 688 g/mol. The molecule has 2 aromatic heterocycles. The third kappa shape index (κ3) is 5.73. The van der Waals surface area contributed by atoms with Crippen molar-refractivity contribution >= 4 is 61.3 Å². The van der Waals surface area contributed by atoms with Crippen molar-refractivity contribution in [1.29, 1.82) is 0 Å². The summed E-state index contributed by atoms with van der Waals surface area (Å²) in [6.07, 6.45) is 1.44. The van der Waals surface area contributed by atoms with Crippen LogP contribution >= 0.6 is 27.5 Å². The zero-order valence-corrected chi connectivity index (χ0v) is 26.0. The van der Waals surface area contributed by atoms with Crippen LogP contribution in [0.5, 0.6) is 17.2 Å². The Hall–Kier alpha value is -5.20. The highest BCUT2D eigenvalue weighted by Crippen LogP contribution is 2.42. The number of rotatable bonds is 9. The molecule has 0 N–H and O–H groups in total. The third-order valence-electron chi connectivity index (χ3n) is 6.91. The number of methoxy groups -OCH3 is 2. The van der Waals surface area contributed by atoms with Gasteiger partial charge in [0.05, 0.1) is 41.6 Å². The third-order valence-corrected chi connectivity index (χ3v) is 8.35. The molecule has 0 unspecified atom stereocenters. The Morgan fingerprint density at radius 2 is 1.80 bits per heavy atom. The van der Waals surface area contributed by atoms with Gasteiger partial charge in [0.2, 0.25) is 5.82 Å². The highest BCUT2D eigenvalue weighted by atomic mass is 79.9. The average molecular weight is 690 g/mol. The number of non-ortho nitro benzene ring substituents is 1. The number of nitrogens with zero attached hydrogens (tertiary/aromatic N) is 4. The van der Waals surface area contributed by atoms with Gasteiger partial charge in [0, 0.05) is 22.2 Å². The number of nitro groups is 1. The molecule has 0 radical (unpaired) electrons. The molecule has 226 valence electrons. The van der Waals surface area contributed by atoms with Crippen molar-refractivity contribution in [3.63, 3.8) is 0 Å². The number of halogens is 2. The van der Waals surface area contributed by atoms with Crippen LogP contribution in [0.3, 0.4) is 0 Å². The van der Waals surface area contributed by atoms with Crippen LogP contribution in [-0.2, 0) is 6.61 Å². The quantitative estimate of drug-likeness (QED) is 0.0861. The Morgan fingerprint density at radius 1 is 1.02 bits per heavy atom. The summed E-state index contributed by atoms with van der Waals surface area (Å²) in [5.74, 6) is 1.60.